The first-order valence-corrected chi connectivity index (χ1v) is 12.2. The van der Waals surface area contributed by atoms with Gasteiger partial charge in [-0.25, -0.2) is 0 Å². The van der Waals surface area contributed by atoms with Crippen LogP contribution >= 0.6 is 19.4 Å². The van der Waals surface area contributed by atoms with Gasteiger partial charge in [-0.1, -0.05) is 53.4 Å². The standard InChI is InChI=1S/4C4H9.C2H2NO2.2ClH.Rh/c4*1-3-4-2;3-2(5)1-4;;;/h4*1,3-4H2,2H3;(H2,3,5);2*1H;/q5*-1;;;+2/p-2. The van der Waals surface area contributed by atoms with E-state index in [1.54, 1.807) is 0 Å². The van der Waals surface area contributed by atoms with Crippen LogP contribution in [0.4, 0.5) is 0 Å². The van der Waals surface area contributed by atoms with E-state index < -0.39 is 5.91 Å². The first kappa shape index (κ1) is 39.4. The molecule has 0 saturated carbocycles. The first-order chi connectivity index (χ1) is 11.3. The summed E-state index contributed by atoms with van der Waals surface area (Å²) in [5.74, 6) is -1.05. The number of nitrogens with two attached hydrogens (primary N) is 1. The molecule has 0 aromatic rings. The molecular formula is C18H38Cl2NO2Rh-5. The van der Waals surface area contributed by atoms with Gasteiger partial charge in [0.25, 0.3) is 0 Å². The second-order valence-electron chi connectivity index (χ2n) is 3.93. The molecule has 24 heavy (non-hydrogen) atoms. The average molecular weight is 474 g/mol. The molecule has 2 N–H and O–H groups in total. The predicted molar refractivity (Wildman–Crippen MR) is 108 cm³/mol. The molecule has 0 aliphatic rings. The van der Waals surface area contributed by atoms with Gasteiger partial charge in [0.05, 0.1) is 5.91 Å². The van der Waals surface area contributed by atoms with Gasteiger partial charge < -0.3 is 43.0 Å². The Morgan fingerprint density at radius 2 is 0.917 bits per heavy atom. The predicted octanol–water partition coefficient (Wildman–Crippen LogP) is 6.44. The Kier molecular flexibility index (Phi) is 108. The summed E-state index contributed by atoms with van der Waals surface area (Å²) in [4.78, 5) is 18.1. The second kappa shape index (κ2) is 65.5. The zero-order chi connectivity index (χ0) is 20.6. The van der Waals surface area contributed by atoms with Crippen LogP contribution in [0.1, 0.15) is 79.1 Å². The number of unbranched alkanes of at least 4 members (excludes halogenated alkanes) is 4. The average Bonchev–Trinajstić information content (AvgIpc) is 2.63. The summed E-state index contributed by atoms with van der Waals surface area (Å²) in [5.41, 5.74) is 4.23. The van der Waals surface area contributed by atoms with Crippen molar-refractivity contribution in [2.45, 2.75) is 79.1 Å². The minimum absolute atomic E-state index is 0.226. The molecule has 3 nitrogen and oxygen atoms in total. The summed E-state index contributed by atoms with van der Waals surface area (Å²) >= 11 is -0.226. The number of carbonyl (C=O) groups is 1. The molecule has 0 radical (unpaired) electrons. The maximum atomic E-state index is 9.17. The fourth-order valence-electron chi connectivity index (χ4n) is 0. The summed E-state index contributed by atoms with van der Waals surface area (Å²) in [7, 11) is 9.67. The molecule has 0 heterocycles. The van der Waals surface area contributed by atoms with Gasteiger partial charge in [0.2, 0.25) is 0 Å². The van der Waals surface area contributed by atoms with E-state index in [9.17, 15) is 0 Å². The van der Waals surface area contributed by atoms with Crippen molar-refractivity contribution >= 4 is 31.6 Å². The minimum atomic E-state index is -1.05. The molecule has 0 aromatic carbocycles. The number of amides is 1. The van der Waals surface area contributed by atoms with Gasteiger partial charge in [-0.2, -0.15) is 32.0 Å². The molecule has 0 bridgehead atoms. The second-order valence-corrected chi connectivity index (χ2v) is 6.42. The van der Waals surface area contributed by atoms with Crippen LogP contribution < -0.4 is 5.73 Å². The van der Waals surface area contributed by atoms with E-state index in [-0.39, 0.29) is 15.1 Å². The van der Waals surface area contributed by atoms with Crippen molar-refractivity contribution in [1.29, 1.82) is 0 Å². The fourth-order valence-corrected chi connectivity index (χ4v) is 0. The van der Waals surface area contributed by atoms with Gasteiger partial charge in [0.1, 0.15) is 0 Å². The quantitative estimate of drug-likeness (QED) is 0.283. The molecule has 155 valence electrons. The van der Waals surface area contributed by atoms with Gasteiger partial charge in [-0.15, -0.1) is 0 Å². The van der Waals surface area contributed by atoms with E-state index in [4.69, 9.17) is 29.0 Å². The normalized spacial score (nSPS) is 7.25. The first-order valence-electron chi connectivity index (χ1n) is 8.03. The van der Waals surface area contributed by atoms with E-state index in [1.807, 2.05) is 0 Å². The Labute approximate surface area is 168 Å². The molecule has 0 fully saturated rings. The molecule has 6 heteroatoms. The summed E-state index contributed by atoms with van der Waals surface area (Å²) in [6.07, 6.45) is 10.0. The van der Waals surface area contributed by atoms with Gasteiger partial charge in [0, 0.05) is 0 Å². The summed E-state index contributed by atoms with van der Waals surface area (Å²) in [6.45, 7) is 22.9. The van der Waals surface area contributed by atoms with Crippen molar-refractivity contribution in [2.75, 3.05) is 0 Å². The van der Waals surface area contributed by atoms with E-state index in [1.165, 1.54) is 25.7 Å². The van der Waals surface area contributed by atoms with E-state index >= 15 is 0 Å². The number of rotatable bonds is 5. The van der Waals surface area contributed by atoms with E-state index in [0.717, 1.165) is 32.0 Å². The fraction of sp³-hybridized carbons (Fsp3) is 0.667. The zero-order valence-corrected chi connectivity index (χ0v) is 19.1. The Morgan fingerprint density at radius 1 is 0.833 bits per heavy atom. The van der Waals surface area contributed by atoms with Crippen LogP contribution in [-0.2, 0) is 24.7 Å². The third-order valence-corrected chi connectivity index (χ3v) is 1.51. The van der Waals surface area contributed by atoms with Crippen molar-refractivity contribution in [3.8, 4) is 0 Å². The van der Waals surface area contributed by atoms with E-state index in [2.05, 4.69) is 61.1 Å². The van der Waals surface area contributed by atoms with Crippen molar-refractivity contribution in [2.24, 2.45) is 5.73 Å². The third-order valence-electron chi connectivity index (χ3n) is 1.51. The molecule has 0 rings (SSSR count). The number of primary amides is 1. The van der Waals surface area contributed by atoms with Crippen molar-refractivity contribution in [3.05, 3.63) is 27.7 Å². The summed E-state index contributed by atoms with van der Waals surface area (Å²) in [6, 6.07) is 0. The monoisotopic (exact) mass is 473 g/mol. The van der Waals surface area contributed by atoms with Crippen LogP contribution in [0.15, 0.2) is 0 Å². The molecule has 0 atom stereocenters. The Hall–Kier alpha value is 0.343. The van der Waals surface area contributed by atoms with Crippen LogP contribution in [0.3, 0.4) is 0 Å². The third kappa shape index (κ3) is 253. The van der Waals surface area contributed by atoms with Crippen molar-refractivity contribution in [3.63, 3.8) is 0 Å². The van der Waals surface area contributed by atoms with Crippen LogP contribution in [0, 0.1) is 27.7 Å². The Bertz CT molecular complexity index is 151. The van der Waals surface area contributed by atoms with E-state index in [0.29, 0.717) is 0 Å². The van der Waals surface area contributed by atoms with Crippen LogP contribution in [0.2, 0.25) is 0 Å². The Balaban J connectivity index is -0.0000000408. The van der Waals surface area contributed by atoms with Crippen molar-refractivity contribution in [1.82, 2.24) is 0 Å². The molecule has 0 aromatic heterocycles. The summed E-state index contributed by atoms with van der Waals surface area (Å²) in [5, 5.41) is 0. The van der Waals surface area contributed by atoms with Crippen LogP contribution in [-0.4, -0.2) is 12.2 Å². The van der Waals surface area contributed by atoms with Crippen LogP contribution in [0.5, 0.6) is 0 Å². The number of hydrogen-bond donors (Lipinski definition) is 1. The molecule has 1 amide bonds. The van der Waals surface area contributed by atoms with Gasteiger partial charge in [-0.3, -0.25) is 0 Å². The molecule has 0 aliphatic carbocycles. The SMILES string of the molecule is NC(=O)[C-]=O.[CH2-]CCC.[CH2-]CCC.[CH2-]CCC.[CH2-]CCC.[Cl][Rh][Cl]. The van der Waals surface area contributed by atoms with Gasteiger partial charge in [0.15, 0.2) is 0 Å². The Morgan fingerprint density at radius 3 is 0.917 bits per heavy atom. The van der Waals surface area contributed by atoms with Crippen molar-refractivity contribution < 1.29 is 24.7 Å². The van der Waals surface area contributed by atoms with Gasteiger partial charge >= 0.3 is 34.5 Å². The summed E-state index contributed by atoms with van der Waals surface area (Å²) < 4.78 is 0. The number of hydrogen-bond acceptors (Lipinski definition) is 2. The molecule has 0 unspecified atom stereocenters. The zero-order valence-electron chi connectivity index (χ0n) is 16.0. The number of carbonyl (C=O) groups excluding carboxylic acids is 2. The maximum absolute atomic E-state index is 9.17. The molecule has 0 aliphatic heterocycles. The molecule has 0 spiro atoms. The molecule has 0 saturated heterocycles. The molecular weight excluding hydrogens is 436 g/mol. The number of halogens is 2. The van der Waals surface area contributed by atoms with Gasteiger partial charge in [-0.05, 0) is 0 Å². The van der Waals surface area contributed by atoms with Crippen LogP contribution in [0.25, 0.3) is 0 Å². The topological polar surface area (TPSA) is 60.2 Å².